The van der Waals surface area contributed by atoms with Crippen LogP contribution in [0.25, 0.3) is 33.3 Å². The number of pyridine rings is 2. The van der Waals surface area contributed by atoms with Crippen LogP contribution in [0, 0.1) is 0 Å². The van der Waals surface area contributed by atoms with E-state index in [1.165, 1.54) is 5.56 Å². The van der Waals surface area contributed by atoms with Gasteiger partial charge < -0.3 is 9.84 Å². The van der Waals surface area contributed by atoms with Gasteiger partial charge in [0.25, 0.3) is 5.91 Å². The van der Waals surface area contributed by atoms with Gasteiger partial charge in [0.15, 0.2) is 6.29 Å². The van der Waals surface area contributed by atoms with Crippen LogP contribution in [0.4, 0.5) is 0 Å². The first-order valence-electron chi connectivity index (χ1n) is 12.4. The lowest BCUT2D eigenvalue weighted by Crippen LogP contribution is -2.33. The number of aromatic nitrogens is 2. The van der Waals surface area contributed by atoms with Gasteiger partial charge in [-0.3, -0.25) is 9.78 Å². The number of rotatable bonds is 8. The van der Waals surface area contributed by atoms with Crippen LogP contribution >= 0.6 is 15.9 Å². The summed E-state index contributed by atoms with van der Waals surface area (Å²) in [7, 11) is 0. The van der Waals surface area contributed by atoms with Crippen molar-refractivity contribution in [1.82, 2.24) is 15.4 Å². The molecule has 0 radical (unpaired) electrons. The van der Waals surface area contributed by atoms with Crippen molar-refractivity contribution < 1.29 is 19.5 Å². The molecule has 2 N–H and O–H groups in total. The second kappa shape index (κ2) is 11.9. The van der Waals surface area contributed by atoms with Crippen molar-refractivity contribution >= 4 is 32.7 Å². The highest BCUT2D eigenvalue weighted by Crippen LogP contribution is 2.33. The summed E-state index contributed by atoms with van der Waals surface area (Å²) < 4.78 is 6.42. The number of nitrogens with one attached hydrogen (secondary N) is 1. The minimum atomic E-state index is -0.436. The average Bonchev–Trinajstić information content (AvgIpc) is 2.95. The van der Waals surface area contributed by atoms with Crippen LogP contribution in [0.5, 0.6) is 0 Å². The summed E-state index contributed by atoms with van der Waals surface area (Å²) in [5.41, 5.74) is 8.55. The van der Waals surface area contributed by atoms with Crippen molar-refractivity contribution in [2.45, 2.75) is 38.4 Å². The smallest absolute Gasteiger partial charge is 0.275 e. The number of nitrogens with zero attached hydrogens (tertiary/aromatic N) is 2. The molecule has 7 nitrogen and oxygen atoms in total. The number of hydrogen-bond acceptors (Lipinski definition) is 6. The number of amides is 1. The molecule has 0 aliphatic carbocycles. The SMILES string of the molecule is O=C(NOC1CCCCO1)c1cc(-c2ccc(-c3ccc(CCCO)cc3)cc2Br)nc2ccncc12. The molecule has 1 saturated heterocycles. The predicted molar refractivity (Wildman–Crippen MR) is 146 cm³/mol. The van der Waals surface area contributed by atoms with E-state index < -0.39 is 6.29 Å². The molecule has 3 heterocycles. The Labute approximate surface area is 223 Å². The molecule has 1 fully saturated rings. The first kappa shape index (κ1) is 25.5. The maximum Gasteiger partial charge on any atom is 0.275 e. The predicted octanol–water partition coefficient (Wildman–Crippen LogP) is 5.84. The molecule has 1 unspecified atom stereocenters. The molecule has 0 bridgehead atoms. The van der Waals surface area contributed by atoms with E-state index >= 15 is 0 Å². The Morgan fingerprint density at radius 2 is 1.95 bits per heavy atom. The van der Waals surface area contributed by atoms with E-state index in [1.807, 2.05) is 12.1 Å². The first-order valence-corrected chi connectivity index (χ1v) is 13.2. The van der Waals surface area contributed by atoms with E-state index in [1.54, 1.807) is 24.5 Å². The van der Waals surface area contributed by atoms with E-state index in [0.717, 1.165) is 53.3 Å². The fraction of sp³-hybridized carbons (Fsp3) is 0.276. The Hall–Kier alpha value is -3.17. The molecule has 5 rings (SSSR count). The molecule has 2 aromatic heterocycles. The molecule has 0 saturated carbocycles. The molecule has 8 heteroatoms. The Morgan fingerprint density at radius 3 is 2.70 bits per heavy atom. The summed E-state index contributed by atoms with van der Waals surface area (Å²) in [6.07, 6.45) is 7.23. The van der Waals surface area contributed by atoms with E-state index in [0.29, 0.717) is 28.8 Å². The highest BCUT2D eigenvalue weighted by molar-refractivity contribution is 9.10. The highest BCUT2D eigenvalue weighted by Gasteiger charge is 2.19. The minimum Gasteiger partial charge on any atom is -0.396 e. The molecule has 1 aliphatic heterocycles. The number of aliphatic hydroxyl groups is 1. The second-order valence-corrected chi connectivity index (χ2v) is 9.87. The summed E-state index contributed by atoms with van der Waals surface area (Å²) in [5, 5.41) is 9.69. The number of benzene rings is 2. The quantitative estimate of drug-likeness (QED) is 0.262. The molecular weight excluding hydrogens is 534 g/mol. The lowest BCUT2D eigenvalue weighted by molar-refractivity contribution is -0.186. The van der Waals surface area contributed by atoms with Crippen molar-refractivity contribution in [3.63, 3.8) is 0 Å². The number of aryl methyl sites for hydroxylation is 1. The fourth-order valence-electron chi connectivity index (χ4n) is 4.42. The first-order chi connectivity index (χ1) is 18.1. The average molecular weight is 562 g/mol. The Kier molecular flexibility index (Phi) is 8.21. The summed E-state index contributed by atoms with van der Waals surface area (Å²) in [4.78, 5) is 27.6. The molecule has 37 heavy (non-hydrogen) atoms. The zero-order chi connectivity index (χ0) is 25.6. The van der Waals surface area contributed by atoms with Crippen molar-refractivity contribution in [1.29, 1.82) is 0 Å². The van der Waals surface area contributed by atoms with Gasteiger partial charge in [0.2, 0.25) is 0 Å². The van der Waals surface area contributed by atoms with Crippen LogP contribution in [-0.2, 0) is 16.0 Å². The van der Waals surface area contributed by atoms with E-state index in [-0.39, 0.29) is 12.5 Å². The number of halogens is 1. The number of hydrogen-bond donors (Lipinski definition) is 2. The summed E-state index contributed by atoms with van der Waals surface area (Å²) in [6.45, 7) is 0.825. The van der Waals surface area contributed by atoms with E-state index in [2.05, 4.69) is 56.7 Å². The Morgan fingerprint density at radius 1 is 1.11 bits per heavy atom. The van der Waals surface area contributed by atoms with Gasteiger partial charge in [-0.25, -0.2) is 15.3 Å². The standard InChI is InChI=1S/C29H28BrN3O4/c30-25-16-21(20-8-6-19(7-9-20)4-3-14-34)10-11-22(25)27-17-23(24-18-31-13-12-26(24)32-27)29(35)33-37-28-5-1-2-15-36-28/h6-13,16-18,28,34H,1-5,14-15H2,(H,33,35). The maximum absolute atomic E-state index is 13.1. The number of carbonyl (C=O) groups is 1. The largest absolute Gasteiger partial charge is 0.396 e. The van der Waals surface area contributed by atoms with Crippen LogP contribution in [0.1, 0.15) is 41.6 Å². The van der Waals surface area contributed by atoms with Crippen molar-refractivity contribution in [2.24, 2.45) is 0 Å². The molecule has 1 atom stereocenters. The third kappa shape index (κ3) is 6.05. The van der Waals surface area contributed by atoms with Gasteiger partial charge in [-0.15, -0.1) is 0 Å². The Balaban J connectivity index is 1.42. The van der Waals surface area contributed by atoms with E-state index in [4.69, 9.17) is 19.7 Å². The summed E-state index contributed by atoms with van der Waals surface area (Å²) >= 11 is 3.72. The van der Waals surface area contributed by atoms with Crippen LogP contribution in [0.3, 0.4) is 0 Å². The monoisotopic (exact) mass is 561 g/mol. The summed E-state index contributed by atoms with van der Waals surface area (Å²) in [6, 6.07) is 18.0. The maximum atomic E-state index is 13.1. The van der Waals surface area contributed by atoms with Gasteiger partial charge in [0.1, 0.15) is 0 Å². The lowest BCUT2D eigenvalue weighted by Gasteiger charge is -2.22. The van der Waals surface area contributed by atoms with Crippen LogP contribution in [0.2, 0.25) is 0 Å². The van der Waals surface area contributed by atoms with Crippen LogP contribution in [0.15, 0.2) is 71.5 Å². The fourth-order valence-corrected chi connectivity index (χ4v) is 5.00. The van der Waals surface area contributed by atoms with Gasteiger partial charge in [0.05, 0.1) is 16.8 Å². The number of hydroxylamine groups is 1. The van der Waals surface area contributed by atoms with Crippen LogP contribution in [-0.4, -0.2) is 40.5 Å². The van der Waals surface area contributed by atoms with E-state index in [9.17, 15) is 4.79 Å². The summed E-state index contributed by atoms with van der Waals surface area (Å²) in [5.74, 6) is -0.371. The molecule has 1 amide bonds. The number of carbonyl (C=O) groups excluding carboxylic acids is 1. The normalized spacial score (nSPS) is 15.6. The molecule has 190 valence electrons. The third-order valence-corrected chi connectivity index (χ3v) is 7.09. The van der Waals surface area contributed by atoms with Crippen molar-refractivity contribution in [2.75, 3.05) is 13.2 Å². The van der Waals surface area contributed by atoms with Gasteiger partial charge in [-0.05, 0) is 60.6 Å². The number of ether oxygens (including phenoxy) is 1. The molecular formula is C29H28BrN3O4. The highest BCUT2D eigenvalue weighted by atomic mass is 79.9. The van der Waals surface area contributed by atoms with Crippen molar-refractivity contribution in [3.8, 4) is 22.4 Å². The lowest BCUT2D eigenvalue weighted by atomic mass is 9.99. The second-order valence-electron chi connectivity index (χ2n) is 9.01. The van der Waals surface area contributed by atoms with Gasteiger partial charge >= 0.3 is 0 Å². The zero-order valence-corrected chi connectivity index (χ0v) is 21.9. The zero-order valence-electron chi connectivity index (χ0n) is 20.3. The van der Waals surface area contributed by atoms with Gasteiger partial charge in [0, 0.05) is 47.5 Å². The minimum absolute atomic E-state index is 0.195. The molecule has 0 spiro atoms. The molecule has 1 aliphatic rings. The molecule has 4 aromatic rings. The molecule has 2 aromatic carbocycles. The van der Waals surface area contributed by atoms with Gasteiger partial charge in [-0.2, -0.15) is 0 Å². The van der Waals surface area contributed by atoms with Crippen LogP contribution < -0.4 is 5.48 Å². The third-order valence-electron chi connectivity index (χ3n) is 6.43. The Bertz CT molecular complexity index is 1390. The number of aliphatic hydroxyl groups excluding tert-OH is 1. The van der Waals surface area contributed by atoms with Crippen molar-refractivity contribution in [3.05, 3.63) is 82.6 Å². The topological polar surface area (TPSA) is 93.6 Å². The van der Waals surface area contributed by atoms with Gasteiger partial charge in [-0.1, -0.05) is 52.3 Å². The number of fused-ring (bicyclic) bond motifs is 1.